The summed E-state index contributed by atoms with van der Waals surface area (Å²) in [5.41, 5.74) is 2.73. The van der Waals surface area contributed by atoms with Gasteiger partial charge in [0.25, 0.3) is 5.91 Å². The largest absolute Gasteiger partial charge is 0.369 e. The number of H-pyrrole nitrogens is 1. The van der Waals surface area contributed by atoms with Crippen LogP contribution in [-0.4, -0.2) is 71.2 Å². The molecule has 3 heterocycles. The molecule has 0 radical (unpaired) electrons. The lowest BCUT2D eigenvalue weighted by molar-refractivity contribution is 0.0242. The smallest absolute Gasteiger partial charge is 0.274 e. The number of anilines is 1. The lowest BCUT2D eigenvalue weighted by Crippen LogP contribution is -2.64. The van der Waals surface area contributed by atoms with Crippen LogP contribution in [-0.2, 0) is 0 Å². The van der Waals surface area contributed by atoms with E-state index < -0.39 is 0 Å². The highest BCUT2D eigenvalue weighted by Crippen LogP contribution is 2.39. The first kappa shape index (κ1) is 16.7. The average molecular weight is 369 g/mol. The number of hydrogen-bond acceptors (Lipinski definition) is 4. The van der Waals surface area contributed by atoms with Crippen LogP contribution in [0.5, 0.6) is 0 Å². The maximum atomic E-state index is 13.1. The quantitative estimate of drug-likeness (QED) is 0.897. The van der Waals surface area contributed by atoms with Crippen molar-refractivity contribution in [3.63, 3.8) is 0 Å². The molecular weight excluding hydrogens is 345 g/mol. The number of nitrogens with one attached hydrogen (secondary N) is 1. The van der Waals surface area contributed by atoms with Gasteiger partial charge in [0, 0.05) is 62.6 Å². The van der Waals surface area contributed by atoms with Gasteiger partial charge in [-0.25, -0.2) is 4.39 Å². The Labute approximate surface area is 157 Å². The van der Waals surface area contributed by atoms with Gasteiger partial charge < -0.3 is 9.80 Å². The minimum Gasteiger partial charge on any atom is -0.369 e. The van der Waals surface area contributed by atoms with E-state index in [2.05, 4.69) is 20.0 Å². The third-order valence-electron chi connectivity index (χ3n) is 6.01. The van der Waals surface area contributed by atoms with Crippen LogP contribution in [0.4, 0.5) is 10.1 Å². The van der Waals surface area contributed by atoms with Gasteiger partial charge in [0.15, 0.2) is 0 Å². The Kier molecular flexibility index (Phi) is 4.11. The van der Waals surface area contributed by atoms with E-state index in [-0.39, 0.29) is 11.7 Å². The zero-order valence-electron chi connectivity index (χ0n) is 15.3. The molecule has 1 amide bonds. The van der Waals surface area contributed by atoms with Crippen LogP contribution in [0.2, 0.25) is 0 Å². The lowest BCUT2D eigenvalue weighted by atomic mass is 10.0. The van der Waals surface area contributed by atoms with Crippen molar-refractivity contribution < 1.29 is 9.18 Å². The van der Waals surface area contributed by atoms with Gasteiger partial charge in [-0.3, -0.25) is 14.8 Å². The van der Waals surface area contributed by atoms with E-state index in [1.165, 1.54) is 25.0 Å². The number of aromatic nitrogens is 2. The maximum absolute atomic E-state index is 13.1. The molecule has 1 aliphatic carbocycles. The molecule has 27 heavy (non-hydrogen) atoms. The molecule has 0 bridgehead atoms. The number of amides is 1. The van der Waals surface area contributed by atoms with Gasteiger partial charge in [-0.15, -0.1) is 0 Å². The van der Waals surface area contributed by atoms with E-state index in [4.69, 9.17) is 0 Å². The topological polar surface area (TPSA) is 55.5 Å². The molecule has 7 heteroatoms. The number of carbonyl (C=O) groups excluding carboxylic acids is 1. The van der Waals surface area contributed by atoms with Gasteiger partial charge in [-0.2, -0.15) is 5.10 Å². The molecule has 0 spiro atoms. The first-order valence-corrected chi connectivity index (χ1v) is 9.76. The van der Waals surface area contributed by atoms with Crippen LogP contribution in [0.1, 0.15) is 34.9 Å². The predicted octanol–water partition coefficient (Wildman–Crippen LogP) is 2.07. The molecule has 1 aromatic heterocycles. The highest BCUT2D eigenvalue weighted by Gasteiger charge is 2.37. The first-order chi connectivity index (χ1) is 13.2. The summed E-state index contributed by atoms with van der Waals surface area (Å²) in [7, 11) is 0. The van der Waals surface area contributed by atoms with Crippen molar-refractivity contribution in [2.75, 3.05) is 44.2 Å². The number of benzene rings is 1. The standard InChI is InChI=1S/C20H24FN5O/c21-15-3-5-16(6-4-15)24-7-9-25(10-8-24)17-12-26(13-17)20(27)19-11-18(22-23-19)14-1-2-14/h3-6,11,14,17H,1-2,7-10,12-13H2,(H,22,23). The van der Waals surface area contributed by atoms with Crippen molar-refractivity contribution in [3.05, 3.63) is 47.5 Å². The fourth-order valence-electron chi connectivity index (χ4n) is 4.06. The van der Waals surface area contributed by atoms with Gasteiger partial charge in [0.2, 0.25) is 0 Å². The number of piperazine rings is 1. The van der Waals surface area contributed by atoms with Crippen molar-refractivity contribution in [1.82, 2.24) is 20.0 Å². The number of nitrogens with zero attached hydrogens (tertiary/aromatic N) is 4. The summed E-state index contributed by atoms with van der Waals surface area (Å²) in [5.74, 6) is 0.428. The third-order valence-corrected chi connectivity index (χ3v) is 6.01. The molecule has 3 aliphatic rings. The third kappa shape index (κ3) is 3.32. The van der Waals surface area contributed by atoms with Crippen LogP contribution in [0.3, 0.4) is 0 Å². The van der Waals surface area contributed by atoms with Crippen molar-refractivity contribution in [2.24, 2.45) is 0 Å². The zero-order valence-corrected chi connectivity index (χ0v) is 15.3. The Bertz CT molecular complexity index is 817. The second-order valence-electron chi connectivity index (χ2n) is 7.85. The van der Waals surface area contributed by atoms with Crippen LogP contribution in [0, 0.1) is 5.82 Å². The monoisotopic (exact) mass is 369 g/mol. The predicted molar refractivity (Wildman–Crippen MR) is 100 cm³/mol. The summed E-state index contributed by atoms with van der Waals surface area (Å²) < 4.78 is 13.1. The molecule has 2 aliphatic heterocycles. The van der Waals surface area contributed by atoms with Gasteiger partial charge in [0.1, 0.15) is 11.5 Å². The number of hydrogen-bond donors (Lipinski definition) is 1. The molecule has 1 N–H and O–H groups in total. The Balaban J connectivity index is 1.11. The molecule has 2 saturated heterocycles. The van der Waals surface area contributed by atoms with Gasteiger partial charge in [-0.1, -0.05) is 0 Å². The Morgan fingerprint density at radius 3 is 2.44 bits per heavy atom. The Hall–Kier alpha value is -2.41. The molecule has 0 unspecified atom stereocenters. The maximum Gasteiger partial charge on any atom is 0.274 e. The SMILES string of the molecule is O=C(c1cc(C2CC2)[nH]n1)N1CC(N2CCN(c3ccc(F)cc3)CC2)C1. The van der Waals surface area contributed by atoms with Crippen molar-refractivity contribution >= 4 is 11.6 Å². The fraction of sp³-hybridized carbons (Fsp3) is 0.500. The zero-order chi connectivity index (χ0) is 18.4. The van der Waals surface area contributed by atoms with Crippen LogP contribution < -0.4 is 4.90 Å². The van der Waals surface area contributed by atoms with Crippen LogP contribution >= 0.6 is 0 Å². The summed E-state index contributed by atoms with van der Waals surface area (Å²) in [6, 6.07) is 9.07. The number of likely N-dealkylation sites (tertiary alicyclic amines) is 1. The molecular formula is C20H24FN5O. The van der Waals surface area contributed by atoms with Gasteiger partial charge in [-0.05, 0) is 43.2 Å². The second kappa shape index (κ2) is 6.64. The number of rotatable bonds is 4. The molecule has 142 valence electrons. The van der Waals surface area contributed by atoms with E-state index in [1.807, 2.05) is 23.1 Å². The molecule has 2 aromatic rings. The van der Waals surface area contributed by atoms with Crippen LogP contribution in [0.25, 0.3) is 0 Å². The highest BCUT2D eigenvalue weighted by molar-refractivity contribution is 5.93. The summed E-state index contributed by atoms with van der Waals surface area (Å²) in [6.07, 6.45) is 2.40. The molecule has 1 saturated carbocycles. The molecule has 1 aromatic carbocycles. The van der Waals surface area contributed by atoms with Crippen molar-refractivity contribution in [1.29, 1.82) is 0 Å². The lowest BCUT2D eigenvalue weighted by Gasteiger charge is -2.48. The minimum absolute atomic E-state index is 0.0411. The highest BCUT2D eigenvalue weighted by atomic mass is 19.1. The fourth-order valence-corrected chi connectivity index (χ4v) is 4.06. The van der Waals surface area contributed by atoms with E-state index in [0.717, 1.165) is 50.6 Å². The van der Waals surface area contributed by atoms with Gasteiger partial charge in [0.05, 0.1) is 0 Å². The van der Waals surface area contributed by atoms with E-state index in [9.17, 15) is 9.18 Å². The Morgan fingerprint density at radius 2 is 1.78 bits per heavy atom. The number of aromatic amines is 1. The van der Waals surface area contributed by atoms with Crippen molar-refractivity contribution in [3.8, 4) is 0 Å². The average Bonchev–Trinajstić information content (AvgIpc) is 3.38. The summed E-state index contributed by atoms with van der Waals surface area (Å²) in [5, 5.41) is 7.22. The summed E-state index contributed by atoms with van der Waals surface area (Å²) in [4.78, 5) is 19.2. The second-order valence-corrected chi connectivity index (χ2v) is 7.85. The Morgan fingerprint density at radius 1 is 1.07 bits per heavy atom. The van der Waals surface area contributed by atoms with E-state index in [1.54, 1.807) is 0 Å². The number of halogens is 1. The van der Waals surface area contributed by atoms with Crippen molar-refractivity contribution in [2.45, 2.75) is 24.8 Å². The summed E-state index contributed by atoms with van der Waals surface area (Å²) in [6.45, 7) is 5.36. The molecule has 3 fully saturated rings. The molecule has 6 nitrogen and oxygen atoms in total. The molecule has 0 atom stereocenters. The molecule has 5 rings (SSSR count). The van der Waals surface area contributed by atoms with Crippen LogP contribution in [0.15, 0.2) is 30.3 Å². The first-order valence-electron chi connectivity index (χ1n) is 9.76. The van der Waals surface area contributed by atoms with Gasteiger partial charge >= 0.3 is 0 Å². The summed E-state index contributed by atoms with van der Waals surface area (Å²) >= 11 is 0. The van der Waals surface area contributed by atoms with E-state index >= 15 is 0 Å². The minimum atomic E-state index is -0.197. The van der Waals surface area contributed by atoms with E-state index in [0.29, 0.717) is 17.7 Å². The number of carbonyl (C=O) groups is 1. The normalized spacial score (nSPS) is 21.4.